The van der Waals surface area contributed by atoms with Crippen LogP contribution in [0.25, 0.3) is 0 Å². The molecule has 0 radical (unpaired) electrons. The molecule has 1 fully saturated rings. The molecule has 2 aromatic carbocycles. The number of aryl methyl sites for hydroxylation is 1. The third-order valence-corrected chi connectivity index (χ3v) is 4.04. The quantitative estimate of drug-likeness (QED) is 0.358. The van der Waals surface area contributed by atoms with Crippen molar-refractivity contribution in [2.75, 3.05) is 0 Å². The summed E-state index contributed by atoms with van der Waals surface area (Å²) in [6.45, 7) is 2.01. The standard InChI is InChI=1S/C19H21NO2/c1-15-6-10-17(11-7-15)20(21)14-16-8-12-19(13-9-16)22-18-4-2-3-5-18/h6-14,18H,2-5H2,1H3/b20-14+. The Balaban J connectivity index is 1.69. The van der Waals surface area contributed by atoms with Gasteiger partial charge in [0, 0.05) is 17.7 Å². The number of nitrogens with zero attached hydrogens (tertiary/aromatic N) is 1. The highest BCUT2D eigenvalue weighted by Gasteiger charge is 2.16. The van der Waals surface area contributed by atoms with Gasteiger partial charge in [0.25, 0.3) is 0 Å². The summed E-state index contributed by atoms with van der Waals surface area (Å²) in [5.41, 5.74) is 2.65. The van der Waals surface area contributed by atoms with Crippen molar-refractivity contribution in [2.24, 2.45) is 0 Å². The molecule has 1 aliphatic carbocycles. The predicted octanol–water partition coefficient (Wildman–Crippen LogP) is 4.58. The Hall–Kier alpha value is -2.29. The van der Waals surface area contributed by atoms with Gasteiger partial charge in [-0.15, -0.1) is 0 Å². The Labute approximate surface area is 131 Å². The first kappa shape index (κ1) is 14.6. The minimum atomic E-state index is 0.360. The summed E-state index contributed by atoms with van der Waals surface area (Å²) in [6, 6.07) is 15.2. The zero-order valence-corrected chi connectivity index (χ0v) is 12.9. The van der Waals surface area contributed by atoms with Crippen LogP contribution in [0.5, 0.6) is 5.75 Å². The van der Waals surface area contributed by atoms with E-state index in [9.17, 15) is 5.21 Å². The van der Waals surface area contributed by atoms with Crippen molar-refractivity contribution >= 4 is 11.9 Å². The maximum absolute atomic E-state index is 12.1. The lowest BCUT2D eigenvalue weighted by Crippen LogP contribution is -2.10. The van der Waals surface area contributed by atoms with Crippen LogP contribution in [-0.4, -0.2) is 17.1 Å². The van der Waals surface area contributed by atoms with Gasteiger partial charge < -0.3 is 9.94 Å². The highest BCUT2D eigenvalue weighted by Crippen LogP contribution is 2.24. The predicted molar refractivity (Wildman–Crippen MR) is 89.0 cm³/mol. The average molecular weight is 295 g/mol. The highest BCUT2D eigenvalue weighted by atomic mass is 16.5. The second-order valence-electron chi connectivity index (χ2n) is 5.88. The number of rotatable bonds is 4. The summed E-state index contributed by atoms with van der Waals surface area (Å²) in [5, 5.41) is 12.1. The first-order valence-corrected chi connectivity index (χ1v) is 7.85. The minimum absolute atomic E-state index is 0.360. The second kappa shape index (κ2) is 6.65. The van der Waals surface area contributed by atoms with Crippen LogP contribution < -0.4 is 4.74 Å². The van der Waals surface area contributed by atoms with Crippen LogP contribution in [0.1, 0.15) is 36.8 Å². The van der Waals surface area contributed by atoms with Gasteiger partial charge in [0.2, 0.25) is 5.69 Å². The summed E-state index contributed by atoms with van der Waals surface area (Å²) in [4.78, 5) is 0. The maximum Gasteiger partial charge on any atom is 0.216 e. The number of hydrogen-bond donors (Lipinski definition) is 0. The van der Waals surface area contributed by atoms with Crippen molar-refractivity contribution in [3.63, 3.8) is 0 Å². The Kier molecular flexibility index (Phi) is 4.42. The molecule has 0 heterocycles. The molecule has 0 aliphatic heterocycles. The van der Waals surface area contributed by atoms with E-state index in [4.69, 9.17) is 4.74 Å². The molecule has 3 nitrogen and oxygen atoms in total. The summed E-state index contributed by atoms with van der Waals surface area (Å²) in [5.74, 6) is 0.886. The molecule has 0 unspecified atom stereocenters. The molecule has 3 rings (SSSR count). The fraction of sp³-hybridized carbons (Fsp3) is 0.316. The van der Waals surface area contributed by atoms with Gasteiger partial charge in [-0.3, -0.25) is 0 Å². The Morgan fingerprint density at radius 2 is 1.64 bits per heavy atom. The Morgan fingerprint density at radius 3 is 2.27 bits per heavy atom. The smallest absolute Gasteiger partial charge is 0.216 e. The first-order valence-electron chi connectivity index (χ1n) is 7.85. The van der Waals surface area contributed by atoms with Gasteiger partial charge in [-0.05, 0) is 56.9 Å². The summed E-state index contributed by atoms with van der Waals surface area (Å²) in [7, 11) is 0. The van der Waals surface area contributed by atoms with Crippen molar-refractivity contribution < 1.29 is 9.48 Å². The number of hydrogen-bond acceptors (Lipinski definition) is 2. The van der Waals surface area contributed by atoms with Gasteiger partial charge in [-0.2, -0.15) is 4.74 Å². The largest absolute Gasteiger partial charge is 0.618 e. The molecule has 1 aliphatic rings. The molecule has 2 aromatic rings. The van der Waals surface area contributed by atoms with E-state index >= 15 is 0 Å². The first-order chi connectivity index (χ1) is 10.7. The lowest BCUT2D eigenvalue weighted by molar-refractivity contribution is -0.354. The fourth-order valence-corrected chi connectivity index (χ4v) is 2.73. The van der Waals surface area contributed by atoms with Crippen molar-refractivity contribution in [3.8, 4) is 5.75 Å². The molecule has 0 N–H and O–H groups in total. The van der Waals surface area contributed by atoms with Gasteiger partial charge in [-0.25, -0.2) is 0 Å². The third kappa shape index (κ3) is 3.67. The van der Waals surface area contributed by atoms with Crippen molar-refractivity contribution in [1.82, 2.24) is 0 Å². The molecule has 0 atom stereocenters. The molecular weight excluding hydrogens is 274 g/mol. The molecule has 0 saturated heterocycles. The van der Waals surface area contributed by atoms with E-state index in [-0.39, 0.29) is 0 Å². The number of benzene rings is 2. The molecule has 3 heteroatoms. The summed E-state index contributed by atoms with van der Waals surface area (Å²) < 4.78 is 6.82. The zero-order valence-electron chi connectivity index (χ0n) is 12.9. The van der Waals surface area contributed by atoms with Gasteiger partial charge >= 0.3 is 0 Å². The molecular formula is C19H21NO2. The normalized spacial score (nSPS) is 16.0. The van der Waals surface area contributed by atoms with Crippen LogP contribution in [0.2, 0.25) is 0 Å². The SMILES string of the molecule is Cc1ccc(/[N+]([O-])=C\c2ccc(OC3CCCC3)cc2)cc1. The molecule has 0 amide bonds. The van der Waals surface area contributed by atoms with Crippen LogP contribution in [0.4, 0.5) is 5.69 Å². The van der Waals surface area contributed by atoms with Crippen LogP contribution in [0, 0.1) is 12.1 Å². The van der Waals surface area contributed by atoms with E-state index in [1.54, 1.807) is 6.21 Å². The third-order valence-electron chi connectivity index (χ3n) is 4.04. The van der Waals surface area contributed by atoms with Gasteiger partial charge in [0.1, 0.15) is 5.75 Å². The van der Waals surface area contributed by atoms with Gasteiger partial charge in [-0.1, -0.05) is 17.7 Å². The van der Waals surface area contributed by atoms with E-state index in [1.807, 2.05) is 55.5 Å². The molecule has 114 valence electrons. The van der Waals surface area contributed by atoms with Gasteiger partial charge in [0.05, 0.1) is 6.10 Å². The van der Waals surface area contributed by atoms with Crippen LogP contribution in [0.15, 0.2) is 48.5 Å². The van der Waals surface area contributed by atoms with E-state index in [2.05, 4.69) is 0 Å². The highest BCUT2D eigenvalue weighted by molar-refractivity contribution is 5.76. The molecule has 1 saturated carbocycles. The second-order valence-corrected chi connectivity index (χ2v) is 5.88. The average Bonchev–Trinajstić information content (AvgIpc) is 3.03. The molecule has 22 heavy (non-hydrogen) atoms. The van der Waals surface area contributed by atoms with E-state index in [0.717, 1.165) is 34.5 Å². The van der Waals surface area contributed by atoms with Crippen molar-refractivity contribution in [3.05, 3.63) is 64.9 Å². The Morgan fingerprint density at radius 1 is 1.00 bits per heavy atom. The van der Waals surface area contributed by atoms with Crippen molar-refractivity contribution in [1.29, 1.82) is 0 Å². The summed E-state index contributed by atoms with van der Waals surface area (Å²) in [6.07, 6.45) is 6.77. The molecule has 0 bridgehead atoms. The lowest BCUT2D eigenvalue weighted by Gasteiger charge is -2.12. The lowest BCUT2D eigenvalue weighted by atomic mass is 10.2. The summed E-state index contributed by atoms with van der Waals surface area (Å²) >= 11 is 0. The van der Waals surface area contributed by atoms with Crippen molar-refractivity contribution in [2.45, 2.75) is 38.7 Å². The minimum Gasteiger partial charge on any atom is -0.618 e. The van der Waals surface area contributed by atoms with Crippen LogP contribution >= 0.6 is 0 Å². The van der Waals surface area contributed by atoms with E-state index in [1.165, 1.54) is 12.8 Å². The van der Waals surface area contributed by atoms with Gasteiger partial charge in [0.15, 0.2) is 6.21 Å². The van der Waals surface area contributed by atoms with E-state index in [0.29, 0.717) is 11.8 Å². The topological polar surface area (TPSA) is 35.3 Å². The number of ether oxygens (including phenoxy) is 1. The van der Waals surface area contributed by atoms with E-state index < -0.39 is 0 Å². The van der Waals surface area contributed by atoms with Crippen LogP contribution in [-0.2, 0) is 0 Å². The Bertz CT molecular complexity index is 638. The molecule has 0 aromatic heterocycles. The van der Waals surface area contributed by atoms with Crippen LogP contribution in [0.3, 0.4) is 0 Å². The monoisotopic (exact) mass is 295 g/mol. The fourth-order valence-electron chi connectivity index (χ4n) is 2.73. The zero-order chi connectivity index (χ0) is 15.4. The molecule has 0 spiro atoms. The maximum atomic E-state index is 12.1.